The van der Waals surface area contributed by atoms with Gasteiger partial charge >= 0.3 is 0 Å². The lowest BCUT2D eigenvalue weighted by Crippen LogP contribution is -2.42. The Bertz CT molecular complexity index is 225. The number of rotatable bonds is 3. The van der Waals surface area contributed by atoms with Gasteiger partial charge in [0.1, 0.15) is 0 Å². The minimum absolute atomic E-state index is 0.728. The van der Waals surface area contributed by atoms with E-state index in [1.54, 1.807) is 0 Å². The smallest absolute Gasteiger partial charge is 0.191 e. The number of likely N-dealkylation sites (tertiary alicyclic amines) is 1. The first-order valence-corrected chi connectivity index (χ1v) is 5.90. The second kappa shape index (κ2) is 6.49. The average molecular weight is 209 g/mol. The molecule has 1 aliphatic rings. The Morgan fingerprint density at radius 3 is 2.73 bits per heavy atom. The Labute approximate surface area is 93.1 Å². The molecule has 0 amide bonds. The molecule has 0 atom stereocenters. The summed E-state index contributed by atoms with van der Waals surface area (Å²) in [7, 11) is 0. The molecule has 1 saturated heterocycles. The molecule has 1 heterocycles. The molecule has 0 aromatic rings. The van der Waals surface area contributed by atoms with Gasteiger partial charge in [0.15, 0.2) is 5.96 Å². The van der Waals surface area contributed by atoms with E-state index in [1.807, 2.05) is 13.0 Å². The van der Waals surface area contributed by atoms with Gasteiger partial charge in [-0.3, -0.25) is 4.99 Å². The van der Waals surface area contributed by atoms with Crippen molar-refractivity contribution in [1.29, 1.82) is 0 Å². The van der Waals surface area contributed by atoms with Gasteiger partial charge in [-0.1, -0.05) is 19.1 Å². The van der Waals surface area contributed by atoms with E-state index < -0.39 is 0 Å². The third kappa shape index (κ3) is 4.36. The Balaban J connectivity index is 2.29. The molecule has 1 fully saturated rings. The molecule has 0 spiro atoms. The highest BCUT2D eigenvalue weighted by Crippen LogP contribution is 2.15. The molecule has 2 N–H and O–H groups in total. The van der Waals surface area contributed by atoms with Gasteiger partial charge in [-0.15, -0.1) is 0 Å². The van der Waals surface area contributed by atoms with Crippen molar-refractivity contribution in [3.63, 3.8) is 0 Å². The Morgan fingerprint density at radius 2 is 2.13 bits per heavy atom. The third-order valence-corrected chi connectivity index (χ3v) is 2.91. The average Bonchev–Trinajstić information content (AvgIpc) is 2.25. The topological polar surface area (TPSA) is 41.6 Å². The normalized spacial score (nSPS) is 20.1. The summed E-state index contributed by atoms with van der Waals surface area (Å²) in [6, 6.07) is 0. The number of aliphatic imine (C=N–C) groups is 1. The molecule has 0 bridgehead atoms. The molecule has 15 heavy (non-hydrogen) atoms. The van der Waals surface area contributed by atoms with Crippen LogP contribution in [-0.2, 0) is 0 Å². The standard InChI is InChI=1S/C12H23N3/c1-3-4-5-8-14-12(13)15-9-6-11(2)7-10-15/h3-4,11H,5-10H2,1-2H3,(H2,13,14). The van der Waals surface area contributed by atoms with Crippen molar-refractivity contribution in [3.8, 4) is 0 Å². The largest absolute Gasteiger partial charge is 0.370 e. The number of hydrogen-bond acceptors (Lipinski definition) is 1. The molecular formula is C12H23N3. The number of nitrogens with two attached hydrogens (primary N) is 1. The SMILES string of the molecule is CC=CCCN=C(N)N1CCC(C)CC1. The Morgan fingerprint density at radius 1 is 1.47 bits per heavy atom. The molecule has 0 radical (unpaired) electrons. The van der Waals surface area contributed by atoms with Crippen molar-refractivity contribution < 1.29 is 0 Å². The molecule has 86 valence electrons. The van der Waals surface area contributed by atoms with Crippen molar-refractivity contribution in [2.75, 3.05) is 19.6 Å². The first-order valence-electron chi connectivity index (χ1n) is 5.90. The van der Waals surface area contributed by atoms with Gasteiger partial charge in [0.25, 0.3) is 0 Å². The van der Waals surface area contributed by atoms with Crippen LogP contribution in [-0.4, -0.2) is 30.5 Å². The van der Waals surface area contributed by atoms with E-state index in [0.717, 1.165) is 37.9 Å². The van der Waals surface area contributed by atoms with Crippen LogP contribution < -0.4 is 5.73 Å². The molecule has 1 rings (SSSR count). The van der Waals surface area contributed by atoms with Crippen LogP contribution in [0.1, 0.15) is 33.1 Å². The van der Waals surface area contributed by atoms with Crippen molar-refractivity contribution in [2.45, 2.75) is 33.1 Å². The maximum absolute atomic E-state index is 5.93. The van der Waals surface area contributed by atoms with Gasteiger partial charge in [-0.05, 0) is 32.1 Å². The number of piperidine rings is 1. The van der Waals surface area contributed by atoms with E-state index in [4.69, 9.17) is 5.73 Å². The molecule has 0 saturated carbocycles. The van der Waals surface area contributed by atoms with Crippen molar-refractivity contribution in [2.24, 2.45) is 16.6 Å². The lowest BCUT2D eigenvalue weighted by Gasteiger charge is -2.30. The summed E-state index contributed by atoms with van der Waals surface area (Å²) in [5.41, 5.74) is 5.93. The number of hydrogen-bond donors (Lipinski definition) is 1. The lowest BCUT2D eigenvalue weighted by molar-refractivity contribution is 0.277. The van der Waals surface area contributed by atoms with Crippen molar-refractivity contribution >= 4 is 5.96 Å². The second-order valence-corrected chi connectivity index (χ2v) is 4.27. The van der Waals surface area contributed by atoms with Crippen LogP contribution in [0.4, 0.5) is 0 Å². The molecule has 3 heteroatoms. The highest BCUT2D eigenvalue weighted by Gasteiger charge is 2.16. The molecule has 0 aromatic heterocycles. The van der Waals surface area contributed by atoms with Crippen LogP contribution in [0.15, 0.2) is 17.1 Å². The fourth-order valence-corrected chi connectivity index (χ4v) is 1.76. The van der Waals surface area contributed by atoms with E-state index in [0.29, 0.717) is 0 Å². The predicted molar refractivity (Wildman–Crippen MR) is 65.9 cm³/mol. The quantitative estimate of drug-likeness (QED) is 0.334. The summed E-state index contributed by atoms with van der Waals surface area (Å²) in [6.45, 7) is 7.28. The van der Waals surface area contributed by atoms with Gasteiger partial charge in [0.2, 0.25) is 0 Å². The minimum atomic E-state index is 0.728. The highest BCUT2D eigenvalue weighted by molar-refractivity contribution is 5.78. The maximum Gasteiger partial charge on any atom is 0.191 e. The second-order valence-electron chi connectivity index (χ2n) is 4.27. The monoisotopic (exact) mass is 209 g/mol. The summed E-state index contributed by atoms with van der Waals surface area (Å²) in [5, 5.41) is 0. The molecular weight excluding hydrogens is 186 g/mol. The van der Waals surface area contributed by atoms with Crippen molar-refractivity contribution in [3.05, 3.63) is 12.2 Å². The molecule has 0 aliphatic carbocycles. The number of nitrogens with zero attached hydrogens (tertiary/aromatic N) is 2. The summed E-state index contributed by atoms with van der Waals surface area (Å²) >= 11 is 0. The van der Waals surface area contributed by atoms with Crippen LogP contribution in [0.3, 0.4) is 0 Å². The number of guanidine groups is 1. The third-order valence-electron chi connectivity index (χ3n) is 2.91. The van der Waals surface area contributed by atoms with Gasteiger partial charge in [0.05, 0.1) is 0 Å². The van der Waals surface area contributed by atoms with E-state index >= 15 is 0 Å². The Kier molecular flexibility index (Phi) is 5.22. The fourth-order valence-electron chi connectivity index (χ4n) is 1.76. The van der Waals surface area contributed by atoms with Gasteiger partial charge in [-0.2, -0.15) is 0 Å². The Hall–Kier alpha value is -0.990. The maximum atomic E-state index is 5.93. The summed E-state index contributed by atoms with van der Waals surface area (Å²) < 4.78 is 0. The first kappa shape index (κ1) is 12.1. The minimum Gasteiger partial charge on any atom is -0.370 e. The molecule has 3 nitrogen and oxygen atoms in total. The lowest BCUT2D eigenvalue weighted by atomic mass is 10.00. The van der Waals surface area contributed by atoms with Gasteiger partial charge in [-0.25, -0.2) is 0 Å². The highest BCUT2D eigenvalue weighted by atomic mass is 15.2. The number of allylic oxidation sites excluding steroid dienone is 1. The zero-order valence-electron chi connectivity index (χ0n) is 9.95. The van der Waals surface area contributed by atoms with E-state index in [9.17, 15) is 0 Å². The van der Waals surface area contributed by atoms with Crippen LogP contribution in [0.2, 0.25) is 0 Å². The zero-order valence-corrected chi connectivity index (χ0v) is 9.95. The van der Waals surface area contributed by atoms with E-state index in [-0.39, 0.29) is 0 Å². The fraction of sp³-hybridized carbons (Fsp3) is 0.750. The van der Waals surface area contributed by atoms with Crippen LogP contribution in [0, 0.1) is 5.92 Å². The summed E-state index contributed by atoms with van der Waals surface area (Å²) in [6.07, 6.45) is 7.64. The van der Waals surface area contributed by atoms with E-state index in [1.165, 1.54) is 12.8 Å². The van der Waals surface area contributed by atoms with Crippen LogP contribution >= 0.6 is 0 Å². The van der Waals surface area contributed by atoms with Crippen LogP contribution in [0.5, 0.6) is 0 Å². The molecule has 0 aromatic carbocycles. The summed E-state index contributed by atoms with van der Waals surface area (Å²) in [4.78, 5) is 6.58. The summed E-state index contributed by atoms with van der Waals surface area (Å²) in [5.74, 6) is 1.57. The first-order chi connectivity index (χ1) is 7.24. The zero-order chi connectivity index (χ0) is 11.1. The van der Waals surface area contributed by atoms with E-state index in [2.05, 4.69) is 22.9 Å². The predicted octanol–water partition coefficient (Wildman–Crippen LogP) is 2.00. The van der Waals surface area contributed by atoms with Crippen LogP contribution in [0.25, 0.3) is 0 Å². The van der Waals surface area contributed by atoms with Crippen molar-refractivity contribution in [1.82, 2.24) is 4.90 Å². The van der Waals surface area contributed by atoms with Gasteiger partial charge < -0.3 is 10.6 Å². The van der Waals surface area contributed by atoms with Gasteiger partial charge in [0, 0.05) is 19.6 Å². The molecule has 0 unspecified atom stereocenters. The molecule has 1 aliphatic heterocycles.